The molecule has 2 N–H and O–H groups in total. The molecule has 8 heteroatoms. The average Bonchev–Trinajstić information content (AvgIpc) is 2.81. The van der Waals surface area contributed by atoms with Crippen molar-refractivity contribution < 1.29 is 9.50 Å². The number of fused-ring (bicyclic) bond motifs is 1. The molecule has 6 nitrogen and oxygen atoms in total. The largest absolute Gasteiger partial charge is 0.386 e. The lowest BCUT2D eigenvalue weighted by Gasteiger charge is -2.13. The molecule has 0 fully saturated rings. The fourth-order valence-corrected chi connectivity index (χ4v) is 2.83. The Balaban J connectivity index is 1.84. The first-order valence-corrected chi connectivity index (χ1v) is 7.37. The second-order valence-corrected chi connectivity index (χ2v) is 5.50. The molecule has 0 saturated carbocycles. The Morgan fingerprint density at radius 1 is 1.36 bits per heavy atom. The zero-order valence-corrected chi connectivity index (χ0v) is 13.2. The van der Waals surface area contributed by atoms with E-state index in [4.69, 9.17) is 0 Å². The summed E-state index contributed by atoms with van der Waals surface area (Å²) in [5, 5.41) is 18.1. The van der Waals surface area contributed by atoms with E-state index in [-0.39, 0.29) is 12.1 Å². The fraction of sp³-hybridized carbons (Fsp3) is 0.214. The van der Waals surface area contributed by atoms with Crippen LogP contribution in [-0.2, 0) is 7.05 Å². The molecule has 22 heavy (non-hydrogen) atoms. The van der Waals surface area contributed by atoms with Gasteiger partial charge in [0.15, 0.2) is 5.65 Å². The third-order valence-electron chi connectivity index (χ3n) is 3.30. The van der Waals surface area contributed by atoms with E-state index in [1.807, 2.05) is 0 Å². The Kier molecular flexibility index (Phi) is 4.04. The summed E-state index contributed by atoms with van der Waals surface area (Å²) in [5.41, 5.74) is 0.898. The number of benzene rings is 1. The molecule has 0 aliphatic heterocycles. The van der Waals surface area contributed by atoms with Gasteiger partial charge in [-0.3, -0.25) is 0 Å². The number of aliphatic hydroxyl groups excluding tert-OH is 1. The number of nitrogens with one attached hydrogen (secondary N) is 1. The molecule has 0 radical (unpaired) electrons. The first-order valence-electron chi connectivity index (χ1n) is 6.57. The highest BCUT2D eigenvalue weighted by Gasteiger charge is 2.16. The predicted molar refractivity (Wildman–Crippen MR) is 83.9 cm³/mol. The van der Waals surface area contributed by atoms with Crippen molar-refractivity contribution in [3.63, 3.8) is 0 Å². The van der Waals surface area contributed by atoms with E-state index in [2.05, 4.69) is 36.3 Å². The van der Waals surface area contributed by atoms with Gasteiger partial charge in [0.05, 0.1) is 11.5 Å². The van der Waals surface area contributed by atoms with Gasteiger partial charge in [-0.1, -0.05) is 18.2 Å². The van der Waals surface area contributed by atoms with Crippen LogP contribution in [0.25, 0.3) is 11.0 Å². The monoisotopic (exact) mass is 365 g/mol. The lowest BCUT2D eigenvalue weighted by atomic mass is 10.1. The van der Waals surface area contributed by atoms with Crippen LogP contribution in [0.5, 0.6) is 0 Å². The molecule has 0 aliphatic rings. The summed E-state index contributed by atoms with van der Waals surface area (Å²) in [6.07, 6.45) is 0.426. The van der Waals surface area contributed by atoms with Gasteiger partial charge >= 0.3 is 0 Å². The van der Waals surface area contributed by atoms with Crippen molar-refractivity contribution in [3.8, 4) is 0 Å². The second kappa shape index (κ2) is 5.98. The summed E-state index contributed by atoms with van der Waals surface area (Å²) in [7, 11) is 1.78. The molecule has 1 unspecified atom stereocenters. The number of aryl methyl sites for hydroxylation is 1. The minimum absolute atomic E-state index is 0.119. The molecule has 0 saturated heterocycles. The molecule has 2 heterocycles. The molecule has 0 spiro atoms. The lowest BCUT2D eigenvalue weighted by Crippen LogP contribution is -2.14. The van der Waals surface area contributed by atoms with Crippen LogP contribution in [0.1, 0.15) is 11.7 Å². The van der Waals surface area contributed by atoms with Crippen LogP contribution in [0.2, 0.25) is 0 Å². The minimum Gasteiger partial charge on any atom is -0.386 e. The predicted octanol–water partition coefficient (Wildman–Crippen LogP) is 2.41. The van der Waals surface area contributed by atoms with E-state index in [0.717, 1.165) is 0 Å². The smallest absolute Gasteiger partial charge is 0.164 e. The fourth-order valence-electron chi connectivity index (χ4n) is 2.22. The first-order chi connectivity index (χ1) is 10.6. The highest BCUT2D eigenvalue weighted by molar-refractivity contribution is 9.10. The molecular weight excluding hydrogens is 353 g/mol. The van der Waals surface area contributed by atoms with Crippen molar-refractivity contribution in [2.24, 2.45) is 7.05 Å². The summed E-state index contributed by atoms with van der Waals surface area (Å²) >= 11 is 3.36. The normalized spacial score (nSPS) is 12.5. The summed E-state index contributed by atoms with van der Waals surface area (Å²) in [4.78, 5) is 8.32. The Hall–Kier alpha value is -2.06. The standard InChI is InChI=1S/C14H13BrFN5O/c1-21-14-11(12(15)20-21)13(18-7-19-14)17-6-10(22)8-4-2-3-5-9(8)16/h2-5,7,10,22H,6H2,1H3,(H,17,18,19). The Bertz CT molecular complexity index is 822. The second-order valence-electron chi connectivity index (χ2n) is 4.75. The molecule has 0 amide bonds. The Labute approximate surface area is 134 Å². The third-order valence-corrected chi connectivity index (χ3v) is 3.86. The van der Waals surface area contributed by atoms with Crippen molar-refractivity contribution in [2.75, 3.05) is 11.9 Å². The third kappa shape index (κ3) is 2.67. The van der Waals surface area contributed by atoms with Crippen molar-refractivity contribution in [1.29, 1.82) is 0 Å². The lowest BCUT2D eigenvalue weighted by molar-refractivity contribution is 0.186. The van der Waals surface area contributed by atoms with E-state index < -0.39 is 11.9 Å². The van der Waals surface area contributed by atoms with Gasteiger partial charge in [-0.05, 0) is 22.0 Å². The number of anilines is 1. The van der Waals surface area contributed by atoms with Crippen LogP contribution in [0.3, 0.4) is 0 Å². The van der Waals surface area contributed by atoms with Gasteiger partial charge in [0, 0.05) is 19.2 Å². The molecule has 0 bridgehead atoms. The van der Waals surface area contributed by atoms with Gasteiger partial charge in [0.2, 0.25) is 0 Å². The van der Waals surface area contributed by atoms with Gasteiger partial charge in [0.25, 0.3) is 0 Å². The number of rotatable bonds is 4. The van der Waals surface area contributed by atoms with Gasteiger partial charge < -0.3 is 10.4 Å². The van der Waals surface area contributed by atoms with Gasteiger partial charge in [-0.2, -0.15) is 5.10 Å². The zero-order chi connectivity index (χ0) is 15.7. The molecule has 2 aromatic heterocycles. The number of aliphatic hydroxyl groups is 1. The summed E-state index contributed by atoms with van der Waals surface area (Å²) in [6, 6.07) is 6.14. The number of halogens is 2. The average molecular weight is 366 g/mol. The van der Waals surface area contributed by atoms with Crippen molar-refractivity contribution in [2.45, 2.75) is 6.10 Å². The molecule has 1 atom stereocenters. The summed E-state index contributed by atoms with van der Waals surface area (Å²) in [6.45, 7) is 0.119. The van der Waals surface area contributed by atoms with Crippen molar-refractivity contribution in [1.82, 2.24) is 19.7 Å². The van der Waals surface area contributed by atoms with Gasteiger partial charge in [0.1, 0.15) is 22.6 Å². The van der Waals surface area contributed by atoms with E-state index in [1.54, 1.807) is 29.9 Å². The SMILES string of the molecule is Cn1nc(Br)c2c(NCC(O)c3ccccc3F)ncnc21. The molecule has 0 aliphatic carbocycles. The van der Waals surface area contributed by atoms with Crippen LogP contribution >= 0.6 is 15.9 Å². The van der Waals surface area contributed by atoms with Crippen molar-refractivity contribution in [3.05, 3.63) is 46.6 Å². The van der Waals surface area contributed by atoms with E-state index in [9.17, 15) is 9.50 Å². The van der Waals surface area contributed by atoms with E-state index in [0.29, 0.717) is 21.5 Å². The van der Waals surface area contributed by atoms with E-state index >= 15 is 0 Å². The Morgan fingerprint density at radius 2 is 2.14 bits per heavy atom. The molecule has 3 rings (SSSR count). The summed E-state index contributed by atoms with van der Waals surface area (Å²) in [5.74, 6) is 0.0903. The maximum atomic E-state index is 13.7. The van der Waals surface area contributed by atoms with Crippen LogP contribution in [0.4, 0.5) is 10.2 Å². The van der Waals surface area contributed by atoms with Crippen LogP contribution < -0.4 is 5.32 Å². The highest BCUT2D eigenvalue weighted by atomic mass is 79.9. The number of nitrogens with zero attached hydrogens (tertiary/aromatic N) is 4. The number of aromatic nitrogens is 4. The zero-order valence-electron chi connectivity index (χ0n) is 11.7. The van der Waals surface area contributed by atoms with Gasteiger partial charge in [-0.15, -0.1) is 0 Å². The minimum atomic E-state index is -0.985. The molecule has 114 valence electrons. The topological polar surface area (TPSA) is 75.9 Å². The summed E-state index contributed by atoms with van der Waals surface area (Å²) < 4.78 is 15.9. The van der Waals surface area contributed by atoms with E-state index in [1.165, 1.54) is 12.4 Å². The van der Waals surface area contributed by atoms with Crippen LogP contribution in [0.15, 0.2) is 35.2 Å². The Morgan fingerprint density at radius 3 is 2.91 bits per heavy atom. The quantitative estimate of drug-likeness (QED) is 0.742. The van der Waals surface area contributed by atoms with Gasteiger partial charge in [-0.25, -0.2) is 19.0 Å². The highest BCUT2D eigenvalue weighted by Crippen LogP contribution is 2.27. The van der Waals surface area contributed by atoms with Crippen molar-refractivity contribution >= 4 is 32.8 Å². The van der Waals surface area contributed by atoms with Crippen LogP contribution in [-0.4, -0.2) is 31.4 Å². The molecule has 1 aromatic carbocycles. The van der Waals surface area contributed by atoms with Crippen LogP contribution in [0, 0.1) is 5.82 Å². The molecular formula is C14H13BrFN5O. The first kappa shape index (κ1) is 14.9. The number of hydrogen-bond acceptors (Lipinski definition) is 5. The molecule has 3 aromatic rings. The number of hydrogen-bond donors (Lipinski definition) is 2. The maximum Gasteiger partial charge on any atom is 0.164 e. The maximum absolute atomic E-state index is 13.7.